The number of rotatable bonds is 17. The minimum Gasteiger partial charge on any atom is -0.386 e. The van der Waals surface area contributed by atoms with Gasteiger partial charge in [-0.1, -0.05) is 31.1 Å². The van der Waals surface area contributed by atoms with E-state index in [2.05, 4.69) is 22.7 Å². The molecule has 0 aliphatic rings. The number of hydrogen-bond acceptors (Lipinski definition) is 9. The molecule has 0 unspecified atom stereocenters. The van der Waals surface area contributed by atoms with E-state index in [1.54, 1.807) is 11.1 Å². The molecular formula is C22H44N2O8S2. The summed E-state index contributed by atoms with van der Waals surface area (Å²) in [6.45, 7) is 21.6. The molecular weight excluding hydrogens is 484 g/mol. The van der Waals surface area contributed by atoms with Crippen LogP contribution in [0.1, 0.15) is 68.2 Å². The Morgan fingerprint density at radius 2 is 1.44 bits per heavy atom. The van der Waals surface area contributed by atoms with E-state index in [-0.39, 0.29) is 32.2 Å². The first-order valence-corrected chi connectivity index (χ1v) is 14.1. The minimum absolute atomic E-state index is 0.0356. The van der Waals surface area contributed by atoms with Gasteiger partial charge in [-0.2, -0.15) is 8.42 Å². The van der Waals surface area contributed by atoms with Crippen LogP contribution in [0.5, 0.6) is 0 Å². The molecule has 0 fully saturated rings. The zero-order valence-corrected chi connectivity index (χ0v) is 23.6. The third-order valence-corrected chi connectivity index (χ3v) is 8.08. The Kier molecular flexibility index (Phi) is 16.0. The molecule has 0 atom stereocenters. The Hall–Kier alpha value is -1.31. The van der Waals surface area contributed by atoms with Crippen molar-refractivity contribution < 1.29 is 35.3 Å². The molecule has 0 saturated carbocycles. The summed E-state index contributed by atoms with van der Waals surface area (Å²) in [5, 5.41) is 3.14. The van der Waals surface area contributed by atoms with Crippen molar-refractivity contribution in [2.45, 2.75) is 78.6 Å². The Bertz CT molecular complexity index is 858. The summed E-state index contributed by atoms with van der Waals surface area (Å²) in [7, 11) is -8.57. The van der Waals surface area contributed by atoms with Gasteiger partial charge in [-0.25, -0.2) is 8.42 Å². The smallest absolute Gasteiger partial charge is 0.349 e. The van der Waals surface area contributed by atoms with Crippen LogP contribution in [0, 0.1) is 0 Å². The van der Waals surface area contributed by atoms with Crippen LogP contribution in [0.2, 0.25) is 0 Å². The highest BCUT2D eigenvalue weighted by atomic mass is 32.3. The molecule has 10 nitrogen and oxygen atoms in total. The topological polar surface area (TPSA) is 137 Å². The second-order valence-corrected chi connectivity index (χ2v) is 12.7. The van der Waals surface area contributed by atoms with E-state index in [1.165, 1.54) is 20.8 Å². The fourth-order valence-corrected chi connectivity index (χ4v) is 4.50. The van der Waals surface area contributed by atoms with Gasteiger partial charge >= 0.3 is 10.3 Å². The van der Waals surface area contributed by atoms with Crippen molar-refractivity contribution in [1.82, 2.24) is 9.44 Å². The van der Waals surface area contributed by atoms with Gasteiger partial charge in [0.05, 0.1) is 31.2 Å². The molecule has 0 aliphatic heterocycles. The number of carbonyl (C=O) groups excluding carboxylic acids is 1. The molecule has 12 heteroatoms. The normalized spacial score (nSPS) is 12.5. The first kappa shape index (κ1) is 34.9. The van der Waals surface area contributed by atoms with Gasteiger partial charge in [-0.15, -0.1) is 0 Å². The number of Topliss-reactive ketones (excluding diaryl/α,β-unsaturated/α-hetero) is 1. The fourth-order valence-electron chi connectivity index (χ4n) is 1.95. The lowest BCUT2D eigenvalue weighted by atomic mass is 10.1. The second-order valence-electron chi connectivity index (χ2n) is 8.66. The van der Waals surface area contributed by atoms with Gasteiger partial charge in [0.2, 0.25) is 10.0 Å². The van der Waals surface area contributed by atoms with Crippen LogP contribution in [-0.4, -0.2) is 65.9 Å². The molecule has 2 N–H and O–H groups in total. The molecule has 0 radical (unpaired) electrons. The maximum Gasteiger partial charge on any atom is 0.349 e. The summed E-state index contributed by atoms with van der Waals surface area (Å²) in [4.78, 5) is 11.5. The summed E-state index contributed by atoms with van der Waals surface area (Å²) in [6.07, 6.45) is 1.07. The van der Waals surface area contributed by atoms with Gasteiger partial charge in [0, 0.05) is 18.7 Å². The van der Waals surface area contributed by atoms with Crippen molar-refractivity contribution >= 4 is 26.1 Å². The van der Waals surface area contributed by atoms with Crippen LogP contribution < -0.4 is 9.44 Å². The summed E-state index contributed by atoms with van der Waals surface area (Å²) in [5.74, 6) is 0.0356. The molecule has 0 saturated heterocycles. The Morgan fingerprint density at radius 1 is 0.912 bits per heavy atom. The monoisotopic (exact) mass is 528 g/mol. The number of ether oxygens (including phenoxy) is 2. The van der Waals surface area contributed by atoms with Gasteiger partial charge in [0.15, 0.2) is 5.78 Å². The van der Waals surface area contributed by atoms with Crippen molar-refractivity contribution in [2.24, 2.45) is 0 Å². The van der Waals surface area contributed by atoms with Gasteiger partial charge in [-0.05, 0) is 53.5 Å². The highest BCUT2D eigenvalue weighted by Gasteiger charge is 2.33. The van der Waals surface area contributed by atoms with E-state index in [0.29, 0.717) is 30.7 Å². The van der Waals surface area contributed by atoms with E-state index in [0.717, 1.165) is 0 Å². The number of nitrogens with one attached hydrogen (secondary N) is 2. The fraction of sp³-hybridized carbons (Fsp3) is 0.773. The third-order valence-electron chi connectivity index (χ3n) is 4.30. The maximum absolute atomic E-state index is 11.9. The largest absolute Gasteiger partial charge is 0.386 e. The molecule has 0 rings (SSSR count). The molecule has 0 aromatic heterocycles. The molecule has 0 aliphatic carbocycles. The third kappa shape index (κ3) is 14.8. The van der Waals surface area contributed by atoms with Gasteiger partial charge < -0.3 is 14.8 Å². The summed E-state index contributed by atoms with van der Waals surface area (Å²) in [5.41, 5.74) is 0.509. The van der Waals surface area contributed by atoms with Gasteiger partial charge in [-0.3, -0.25) is 8.98 Å². The van der Waals surface area contributed by atoms with E-state index in [1.807, 2.05) is 27.7 Å². The Morgan fingerprint density at radius 3 is 1.94 bits per heavy atom. The molecule has 0 amide bonds. The summed E-state index contributed by atoms with van der Waals surface area (Å²) < 4.78 is 63.1. The quantitative estimate of drug-likeness (QED) is 0.216. The van der Waals surface area contributed by atoms with Crippen LogP contribution in [0.3, 0.4) is 0 Å². The van der Waals surface area contributed by atoms with Crippen LogP contribution >= 0.6 is 0 Å². The predicted octanol–water partition coefficient (Wildman–Crippen LogP) is 2.83. The van der Waals surface area contributed by atoms with Crippen molar-refractivity contribution in [3.63, 3.8) is 0 Å². The van der Waals surface area contributed by atoms with Crippen molar-refractivity contribution in [1.29, 1.82) is 0 Å². The lowest BCUT2D eigenvalue weighted by Gasteiger charge is -2.28. The average Bonchev–Trinajstić information content (AvgIpc) is 2.69. The van der Waals surface area contributed by atoms with E-state index < -0.39 is 30.7 Å². The van der Waals surface area contributed by atoms with E-state index in [4.69, 9.17) is 9.47 Å². The molecule has 0 aromatic rings. The number of ketones is 1. The number of hydrogen-bond donors (Lipinski definition) is 2. The Balaban J connectivity index is 0. The minimum atomic E-state index is -4.47. The van der Waals surface area contributed by atoms with Crippen LogP contribution in [0.4, 0.5) is 0 Å². The van der Waals surface area contributed by atoms with E-state index in [9.17, 15) is 21.6 Å². The lowest BCUT2D eigenvalue weighted by molar-refractivity contribution is -0.115. The molecule has 0 heterocycles. The molecule has 0 spiro atoms. The number of sulfonamides is 1. The van der Waals surface area contributed by atoms with Crippen LogP contribution in [0.15, 0.2) is 24.4 Å². The highest BCUT2D eigenvalue weighted by Crippen LogP contribution is 2.17. The Labute approximate surface area is 206 Å². The maximum atomic E-state index is 11.9. The first-order valence-electron chi connectivity index (χ1n) is 11.2. The summed E-state index contributed by atoms with van der Waals surface area (Å²) in [6, 6.07) is 0. The van der Waals surface area contributed by atoms with Crippen LogP contribution in [-0.2, 0) is 38.8 Å². The zero-order chi connectivity index (χ0) is 27.2. The summed E-state index contributed by atoms with van der Waals surface area (Å²) >= 11 is 0. The standard InChI is InChI=1S/C20H38N2O8S2.C2H6/c1-16(2)18(23)10-9-11-21-17(3)20(7,8)29-14-12-28-13-15-30-32(26,27)22-31(24,25)19(4,5)6;1-2/h21-22H,1,3,9-15H2,2,4-8H3;1-2H3. The zero-order valence-electron chi connectivity index (χ0n) is 21.9. The SMILES string of the molecule is C=C(C)C(=O)CCCNC(=C)C(C)(C)OCCOCCOS(=O)(=O)NS(=O)(=O)C(C)(C)C.CC. The second kappa shape index (κ2) is 15.6. The number of carbonyl (C=O) groups is 1. The van der Waals surface area contributed by atoms with Gasteiger partial charge in [0.25, 0.3) is 0 Å². The van der Waals surface area contributed by atoms with Crippen LogP contribution in [0.25, 0.3) is 0 Å². The van der Waals surface area contributed by atoms with Crippen molar-refractivity contribution in [2.75, 3.05) is 33.0 Å². The van der Waals surface area contributed by atoms with Crippen molar-refractivity contribution in [3.8, 4) is 0 Å². The molecule has 0 aromatic carbocycles. The van der Waals surface area contributed by atoms with Crippen molar-refractivity contribution in [3.05, 3.63) is 24.4 Å². The molecule has 34 heavy (non-hydrogen) atoms. The number of allylic oxidation sites excluding steroid dienone is 1. The van der Waals surface area contributed by atoms with E-state index >= 15 is 0 Å². The van der Waals surface area contributed by atoms with Gasteiger partial charge in [0.1, 0.15) is 5.60 Å². The lowest BCUT2D eigenvalue weighted by Crippen LogP contribution is -2.43. The average molecular weight is 529 g/mol. The highest BCUT2D eigenvalue weighted by molar-refractivity contribution is 8.03. The first-order chi connectivity index (χ1) is 15.4. The predicted molar refractivity (Wildman–Crippen MR) is 135 cm³/mol. The molecule has 0 bridgehead atoms. The molecule has 202 valence electrons.